The summed E-state index contributed by atoms with van der Waals surface area (Å²) in [4.78, 5) is 0. The Balaban J connectivity index is 3.23. The van der Waals surface area contributed by atoms with Crippen LogP contribution in [0.15, 0.2) is 24.7 Å². The Morgan fingerprint density at radius 2 is 2.33 bits per heavy atom. The average Bonchev–Trinajstić information content (AvgIpc) is 1.65. The molecule has 0 saturated heterocycles. The molecule has 2 heteroatoms. The predicted molar refractivity (Wildman–Crippen MR) is 29.3 cm³/mol. The van der Waals surface area contributed by atoms with Gasteiger partial charge in [-0.15, -0.1) is 6.58 Å². The summed E-state index contributed by atoms with van der Waals surface area (Å²) in [5.41, 5.74) is 5.75. The summed E-state index contributed by atoms with van der Waals surface area (Å²) in [6.45, 7) is 6.91. The van der Waals surface area contributed by atoms with Crippen LogP contribution in [0.25, 0.3) is 0 Å². The van der Waals surface area contributed by atoms with E-state index in [-0.39, 0.29) is 0 Å². The van der Waals surface area contributed by atoms with Gasteiger partial charge in [-0.25, -0.2) is 0 Å². The number of nitrogens with two attached hydrogens (primary N) is 1. The van der Waals surface area contributed by atoms with Gasteiger partial charge in [0.15, 0.2) is 0 Å². The highest BCUT2D eigenvalue weighted by Crippen LogP contribution is 1.78. The molecule has 0 aliphatic heterocycles. The maximum Gasteiger partial charge on any atom is 0.241 e. The lowest BCUT2D eigenvalue weighted by atomic mass is 9.86. The molecule has 0 fully saturated rings. The normalized spacial score (nSPS) is 6.83. The molecule has 0 amide bonds. The van der Waals surface area contributed by atoms with Crippen LogP contribution in [0.5, 0.6) is 0 Å². The van der Waals surface area contributed by atoms with Gasteiger partial charge in [0.25, 0.3) is 0 Å². The summed E-state index contributed by atoms with van der Waals surface area (Å²) in [5, 5.41) is 0. The lowest BCUT2D eigenvalue weighted by molar-refractivity contribution is 1.84. The van der Waals surface area contributed by atoms with E-state index in [1.807, 2.05) is 0 Å². The van der Waals surface area contributed by atoms with Gasteiger partial charge in [0.1, 0.15) is 0 Å². The molecule has 0 aromatic rings. The summed E-state index contributed by atoms with van der Waals surface area (Å²) in [6.07, 6.45) is 1.60. The molecule has 0 aromatic carbocycles. The van der Waals surface area contributed by atoms with Crippen LogP contribution in [0.3, 0.4) is 0 Å². The van der Waals surface area contributed by atoms with Gasteiger partial charge in [-0.2, -0.15) is 0 Å². The summed E-state index contributed by atoms with van der Waals surface area (Å²) in [5.74, 6) is 0. The minimum Gasteiger partial charge on any atom is -0.370 e. The van der Waals surface area contributed by atoms with Crippen LogP contribution in [-0.4, -0.2) is 7.41 Å². The standard InChI is InChI=1S/C4H7BN/c1-3-4(2)5-6/h3H,1-2,6H2. The third-order valence-electron chi connectivity index (χ3n) is 0.476. The molecule has 0 atom stereocenters. The Hall–Kier alpha value is -0.495. The van der Waals surface area contributed by atoms with E-state index in [0.717, 1.165) is 5.47 Å². The van der Waals surface area contributed by atoms with Gasteiger partial charge in [-0.1, -0.05) is 18.1 Å². The molecule has 0 unspecified atom stereocenters. The fourth-order valence-electron chi connectivity index (χ4n) is 0.0680. The van der Waals surface area contributed by atoms with Crippen molar-refractivity contribution < 1.29 is 0 Å². The smallest absolute Gasteiger partial charge is 0.241 e. The molecule has 0 aliphatic rings. The van der Waals surface area contributed by atoms with Gasteiger partial charge in [0.2, 0.25) is 7.41 Å². The molecule has 0 saturated carbocycles. The van der Waals surface area contributed by atoms with Crippen molar-refractivity contribution in [3.63, 3.8) is 0 Å². The van der Waals surface area contributed by atoms with Crippen LogP contribution >= 0.6 is 0 Å². The maximum atomic E-state index is 4.99. The molecule has 1 nitrogen and oxygen atoms in total. The Kier molecular flexibility index (Phi) is 2.50. The van der Waals surface area contributed by atoms with Crippen LogP contribution in [0.1, 0.15) is 0 Å². The number of hydrogen-bond acceptors (Lipinski definition) is 1. The molecular weight excluding hydrogens is 72.9 g/mol. The third-order valence-corrected chi connectivity index (χ3v) is 0.476. The molecular formula is C4H7BN. The number of rotatable bonds is 2. The lowest BCUT2D eigenvalue weighted by Gasteiger charge is -1.80. The molecule has 1 radical (unpaired) electrons. The summed E-state index contributed by atoms with van der Waals surface area (Å²) >= 11 is 0. The topological polar surface area (TPSA) is 26.0 Å². The van der Waals surface area contributed by atoms with Crippen LogP contribution in [0.2, 0.25) is 0 Å². The van der Waals surface area contributed by atoms with Crippen molar-refractivity contribution in [1.82, 2.24) is 0 Å². The van der Waals surface area contributed by atoms with E-state index in [9.17, 15) is 0 Å². The van der Waals surface area contributed by atoms with Crippen molar-refractivity contribution in [1.29, 1.82) is 0 Å². The van der Waals surface area contributed by atoms with Crippen LogP contribution < -0.4 is 5.64 Å². The second kappa shape index (κ2) is 2.73. The Bertz CT molecular complexity index is 67.9. The van der Waals surface area contributed by atoms with Crippen molar-refractivity contribution in [3.05, 3.63) is 24.7 Å². The fraction of sp³-hybridized carbons (Fsp3) is 0. The third kappa shape index (κ3) is 1.79. The Morgan fingerprint density at radius 1 is 1.83 bits per heavy atom. The molecule has 0 heterocycles. The largest absolute Gasteiger partial charge is 0.370 e. The molecule has 0 aliphatic carbocycles. The van der Waals surface area contributed by atoms with E-state index < -0.39 is 0 Å². The predicted octanol–water partition coefficient (Wildman–Crippen LogP) is 0.264. The highest BCUT2D eigenvalue weighted by molar-refractivity contribution is 6.42. The molecule has 0 bridgehead atoms. The number of hydrogen-bond donors (Lipinski definition) is 1. The summed E-state index contributed by atoms with van der Waals surface area (Å²) < 4.78 is 0. The molecule has 0 rings (SSSR count). The van der Waals surface area contributed by atoms with E-state index in [0.29, 0.717) is 0 Å². The van der Waals surface area contributed by atoms with Crippen molar-refractivity contribution in [2.24, 2.45) is 5.64 Å². The van der Waals surface area contributed by atoms with Gasteiger partial charge in [-0.05, 0) is 0 Å². The van der Waals surface area contributed by atoms with Crippen molar-refractivity contribution in [3.8, 4) is 0 Å². The van der Waals surface area contributed by atoms with Crippen molar-refractivity contribution in [2.75, 3.05) is 0 Å². The summed E-state index contributed by atoms with van der Waals surface area (Å²) in [6, 6.07) is 0. The van der Waals surface area contributed by atoms with Crippen LogP contribution in [-0.2, 0) is 0 Å². The molecule has 2 N–H and O–H groups in total. The van der Waals surface area contributed by atoms with E-state index >= 15 is 0 Å². The highest BCUT2D eigenvalue weighted by atomic mass is 14.3. The first-order valence-electron chi connectivity index (χ1n) is 1.67. The summed E-state index contributed by atoms with van der Waals surface area (Å²) in [7, 11) is 1.41. The van der Waals surface area contributed by atoms with Crippen LogP contribution in [0, 0.1) is 0 Å². The van der Waals surface area contributed by atoms with Gasteiger partial charge in [-0.3, -0.25) is 0 Å². The zero-order valence-corrected chi connectivity index (χ0v) is 3.65. The Labute approximate surface area is 38.8 Å². The maximum absolute atomic E-state index is 4.99. The van der Waals surface area contributed by atoms with E-state index in [1.54, 1.807) is 6.08 Å². The quantitative estimate of drug-likeness (QED) is 0.373. The first-order valence-corrected chi connectivity index (χ1v) is 1.67. The highest BCUT2D eigenvalue weighted by Gasteiger charge is 1.77. The second-order valence-corrected chi connectivity index (χ2v) is 0.946. The minimum absolute atomic E-state index is 0.759. The first kappa shape index (κ1) is 5.50. The molecule has 0 spiro atoms. The van der Waals surface area contributed by atoms with Crippen LogP contribution in [0.4, 0.5) is 0 Å². The van der Waals surface area contributed by atoms with E-state index in [4.69, 9.17) is 5.64 Å². The van der Waals surface area contributed by atoms with Gasteiger partial charge in [0, 0.05) is 0 Å². The molecule has 31 valence electrons. The zero-order chi connectivity index (χ0) is 4.99. The van der Waals surface area contributed by atoms with Gasteiger partial charge >= 0.3 is 0 Å². The number of allylic oxidation sites excluding steroid dienone is 2. The second-order valence-electron chi connectivity index (χ2n) is 0.946. The van der Waals surface area contributed by atoms with Gasteiger partial charge in [0.05, 0.1) is 0 Å². The van der Waals surface area contributed by atoms with Gasteiger partial charge < -0.3 is 5.64 Å². The first-order chi connectivity index (χ1) is 2.81. The zero-order valence-electron chi connectivity index (χ0n) is 3.65. The fourth-order valence-corrected chi connectivity index (χ4v) is 0.0680. The monoisotopic (exact) mass is 80.1 g/mol. The van der Waals surface area contributed by atoms with E-state index in [1.165, 1.54) is 7.41 Å². The molecule has 6 heavy (non-hydrogen) atoms. The van der Waals surface area contributed by atoms with Crippen molar-refractivity contribution in [2.45, 2.75) is 0 Å². The minimum atomic E-state index is 0.759. The van der Waals surface area contributed by atoms with Crippen molar-refractivity contribution >= 4 is 7.41 Å². The molecule has 0 aromatic heterocycles. The average molecular weight is 79.9 g/mol. The lowest BCUT2D eigenvalue weighted by Crippen LogP contribution is -2.04. The SMILES string of the molecule is C=CC(=C)[B]N. The Morgan fingerprint density at radius 3 is 2.33 bits per heavy atom. The van der Waals surface area contributed by atoms with E-state index in [2.05, 4.69) is 13.2 Å².